The van der Waals surface area contributed by atoms with Gasteiger partial charge in [-0.1, -0.05) is 20.4 Å². The van der Waals surface area contributed by atoms with E-state index in [0.29, 0.717) is 59.8 Å². The zero-order valence-corrected chi connectivity index (χ0v) is 27.3. The number of nitrogens with zero attached hydrogens (tertiary/aromatic N) is 2. The number of pyridine rings is 1. The first-order chi connectivity index (χ1) is 23.5. The number of fused-ring (bicyclic) bond motifs is 1. The molecule has 0 bridgehead atoms. The Bertz CT molecular complexity index is 1920. The van der Waals surface area contributed by atoms with E-state index in [0.717, 1.165) is 6.07 Å². The molecular formula is C37H36F2N4O6. The highest BCUT2D eigenvalue weighted by atomic mass is 19.1. The van der Waals surface area contributed by atoms with E-state index < -0.39 is 34.8 Å². The molecule has 2 N–H and O–H groups in total. The third-order valence-corrected chi connectivity index (χ3v) is 9.13. The van der Waals surface area contributed by atoms with Crippen molar-refractivity contribution in [1.29, 1.82) is 0 Å². The smallest absolute Gasteiger partial charge is 0.245 e. The van der Waals surface area contributed by atoms with E-state index in [1.807, 2.05) is 13.8 Å². The highest BCUT2D eigenvalue weighted by Gasteiger charge is 2.65. The summed E-state index contributed by atoms with van der Waals surface area (Å²) in [6.45, 7) is 8.29. The van der Waals surface area contributed by atoms with E-state index in [4.69, 9.17) is 14.2 Å². The number of likely N-dealkylation sites (tertiary alicyclic amines) is 1. The van der Waals surface area contributed by atoms with Gasteiger partial charge in [0.1, 0.15) is 17.7 Å². The van der Waals surface area contributed by atoms with Gasteiger partial charge in [0.15, 0.2) is 23.1 Å². The van der Waals surface area contributed by atoms with Crippen LogP contribution in [0.2, 0.25) is 0 Å². The van der Waals surface area contributed by atoms with Crippen LogP contribution in [0.15, 0.2) is 79.5 Å². The molecule has 10 nitrogen and oxygen atoms in total. The molecule has 0 unspecified atom stereocenters. The minimum atomic E-state index is -0.711. The fourth-order valence-electron chi connectivity index (χ4n) is 6.34. The zero-order valence-electron chi connectivity index (χ0n) is 27.3. The van der Waals surface area contributed by atoms with Crippen molar-refractivity contribution in [2.75, 3.05) is 30.8 Å². The molecule has 12 heteroatoms. The van der Waals surface area contributed by atoms with Gasteiger partial charge < -0.3 is 29.7 Å². The van der Waals surface area contributed by atoms with Crippen LogP contribution < -0.4 is 24.8 Å². The van der Waals surface area contributed by atoms with Crippen molar-refractivity contribution in [2.45, 2.75) is 32.8 Å². The van der Waals surface area contributed by atoms with E-state index in [9.17, 15) is 18.8 Å². The minimum absolute atomic E-state index is 0.0751. The van der Waals surface area contributed by atoms with Crippen LogP contribution in [0.4, 0.5) is 20.2 Å². The Morgan fingerprint density at radius 3 is 2.16 bits per heavy atom. The second-order valence-corrected chi connectivity index (χ2v) is 12.7. The summed E-state index contributed by atoms with van der Waals surface area (Å²) in [7, 11) is 1.52. The van der Waals surface area contributed by atoms with Crippen molar-refractivity contribution in [3.05, 3.63) is 91.1 Å². The Morgan fingerprint density at radius 2 is 1.53 bits per heavy atom. The van der Waals surface area contributed by atoms with E-state index in [-0.39, 0.29) is 29.4 Å². The molecule has 1 saturated heterocycles. The number of carbonyl (C=O) groups is 3. The molecule has 6 rings (SSSR count). The van der Waals surface area contributed by atoms with Crippen LogP contribution in [0.25, 0.3) is 10.9 Å². The Balaban J connectivity index is 1.12. The third kappa shape index (κ3) is 7.03. The summed E-state index contributed by atoms with van der Waals surface area (Å²) < 4.78 is 46.4. The number of amides is 3. The molecule has 0 spiro atoms. The third-order valence-electron chi connectivity index (χ3n) is 9.13. The molecule has 2 atom stereocenters. The molecular weight excluding hydrogens is 634 g/mol. The first kappa shape index (κ1) is 33.4. The summed E-state index contributed by atoms with van der Waals surface area (Å²) >= 11 is 0. The molecule has 2 aliphatic rings. The Kier molecular flexibility index (Phi) is 9.22. The summed E-state index contributed by atoms with van der Waals surface area (Å²) in [6, 6.07) is 14.5. The number of carbonyl (C=O) groups excluding carboxylic acids is 3. The molecule has 49 heavy (non-hydrogen) atoms. The van der Waals surface area contributed by atoms with Crippen LogP contribution in [-0.2, 0) is 14.4 Å². The SMILES string of the molecule is C=CC(=O)N1CCC(Oc2cc3nccc(Oc4ccc(NC(=O)[C@H]5[C@@H](C(=O)Nc6ccc(F)cc6)C5(C)C)cc4F)c3cc2OC)CC1. The van der Waals surface area contributed by atoms with Crippen molar-refractivity contribution < 1.29 is 37.4 Å². The Labute approximate surface area is 282 Å². The summed E-state index contributed by atoms with van der Waals surface area (Å²) in [5.41, 5.74) is 0.545. The number of piperidine rings is 1. The Morgan fingerprint density at radius 1 is 0.878 bits per heavy atom. The zero-order chi connectivity index (χ0) is 34.9. The molecule has 1 aliphatic carbocycles. The van der Waals surface area contributed by atoms with Gasteiger partial charge in [0.2, 0.25) is 17.7 Å². The summed E-state index contributed by atoms with van der Waals surface area (Å²) in [5, 5.41) is 6.01. The number of hydrogen-bond donors (Lipinski definition) is 2. The van der Waals surface area contributed by atoms with Gasteiger partial charge >= 0.3 is 0 Å². The fraction of sp³-hybridized carbons (Fsp3) is 0.297. The van der Waals surface area contributed by atoms with Gasteiger partial charge in [-0.05, 0) is 60.0 Å². The second-order valence-electron chi connectivity index (χ2n) is 12.7. The molecule has 3 aromatic carbocycles. The number of halogens is 2. The molecule has 1 saturated carbocycles. The lowest BCUT2D eigenvalue weighted by Crippen LogP contribution is -2.41. The van der Waals surface area contributed by atoms with Crippen LogP contribution in [0, 0.1) is 28.9 Å². The molecule has 254 valence electrons. The second kappa shape index (κ2) is 13.5. The molecule has 2 heterocycles. The minimum Gasteiger partial charge on any atom is -0.493 e. The van der Waals surface area contributed by atoms with Gasteiger partial charge in [0.25, 0.3) is 0 Å². The first-order valence-corrected chi connectivity index (χ1v) is 15.9. The van der Waals surface area contributed by atoms with Gasteiger partial charge in [0, 0.05) is 61.0 Å². The van der Waals surface area contributed by atoms with Gasteiger partial charge in [-0.2, -0.15) is 0 Å². The number of nitrogens with one attached hydrogen (secondary N) is 2. The lowest BCUT2D eigenvalue weighted by atomic mass is 10.1. The highest BCUT2D eigenvalue weighted by Crippen LogP contribution is 2.59. The number of hydrogen-bond acceptors (Lipinski definition) is 7. The number of anilines is 2. The van der Waals surface area contributed by atoms with E-state index in [1.165, 1.54) is 49.6 Å². The van der Waals surface area contributed by atoms with Crippen LogP contribution >= 0.6 is 0 Å². The summed E-state index contributed by atoms with van der Waals surface area (Å²) in [4.78, 5) is 44.2. The maximum Gasteiger partial charge on any atom is 0.245 e. The van der Waals surface area contributed by atoms with Gasteiger partial charge in [0.05, 0.1) is 24.5 Å². The first-order valence-electron chi connectivity index (χ1n) is 15.9. The van der Waals surface area contributed by atoms with Crippen molar-refractivity contribution in [3.63, 3.8) is 0 Å². The molecule has 4 aromatic rings. The van der Waals surface area contributed by atoms with Crippen molar-refractivity contribution in [3.8, 4) is 23.0 Å². The van der Waals surface area contributed by atoms with Gasteiger partial charge in [-0.25, -0.2) is 8.78 Å². The normalized spacial score (nSPS) is 18.3. The maximum atomic E-state index is 15.3. The van der Waals surface area contributed by atoms with Crippen LogP contribution in [0.3, 0.4) is 0 Å². The number of benzene rings is 3. The predicted octanol–water partition coefficient (Wildman–Crippen LogP) is 6.72. The van der Waals surface area contributed by atoms with Crippen LogP contribution in [-0.4, -0.2) is 53.9 Å². The maximum absolute atomic E-state index is 15.3. The van der Waals surface area contributed by atoms with E-state index in [2.05, 4.69) is 22.2 Å². The van der Waals surface area contributed by atoms with E-state index >= 15 is 4.39 Å². The van der Waals surface area contributed by atoms with Crippen molar-refractivity contribution in [1.82, 2.24) is 9.88 Å². The lowest BCUT2D eigenvalue weighted by molar-refractivity contribution is -0.127. The number of ether oxygens (including phenoxy) is 3. The average molecular weight is 671 g/mol. The van der Waals surface area contributed by atoms with Crippen LogP contribution in [0.5, 0.6) is 23.0 Å². The topological polar surface area (TPSA) is 119 Å². The van der Waals surface area contributed by atoms with Crippen molar-refractivity contribution >= 4 is 40.0 Å². The van der Waals surface area contributed by atoms with E-state index in [1.54, 1.807) is 29.3 Å². The molecule has 2 fully saturated rings. The molecule has 1 aliphatic heterocycles. The largest absolute Gasteiger partial charge is 0.493 e. The lowest BCUT2D eigenvalue weighted by Gasteiger charge is -2.31. The fourth-order valence-corrected chi connectivity index (χ4v) is 6.34. The van der Waals surface area contributed by atoms with Gasteiger partial charge in [-0.3, -0.25) is 19.4 Å². The molecule has 3 amide bonds. The quantitative estimate of drug-likeness (QED) is 0.180. The summed E-state index contributed by atoms with van der Waals surface area (Å²) in [6.07, 6.45) is 4.03. The van der Waals surface area contributed by atoms with Crippen LogP contribution in [0.1, 0.15) is 26.7 Å². The number of aromatic nitrogens is 1. The summed E-state index contributed by atoms with van der Waals surface area (Å²) in [5.74, 6) is -2.07. The van der Waals surface area contributed by atoms with Gasteiger partial charge in [-0.15, -0.1) is 0 Å². The number of rotatable bonds is 10. The highest BCUT2D eigenvalue weighted by molar-refractivity contribution is 6.04. The molecule has 0 radical (unpaired) electrons. The average Bonchev–Trinajstić information content (AvgIpc) is 3.68. The van der Waals surface area contributed by atoms with Crippen molar-refractivity contribution in [2.24, 2.45) is 17.3 Å². The number of methoxy groups -OCH3 is 1. The molecule has 1 aromatic heterocycles. The monoisotopic (exact) mass is 670 g/mol. The predicted molar refractivity (Wildman–Crippen MR) is 180 cm³/mol. The standard InChI is InChI=1S/C37H36F2N4O6/c1-5-32(44)43-16-13-24(14-17-43)48-31-20-27-25(19-30(31)47-4)28(12-15-40-27)49-29-11-10-23(18-26(29)39)42-36(46)34-33(37(34,2)3)35(45)41-22-8-6-21(38)7-9-22/h5-12,15,18-20,24,33-34H,1,13-14,16-17H2,2-4H3,(H,41,45)(H,42,46)/t33-,34+/m0/s1. The Hall–Kier alpha value is -5.52.